The Morgan fingerprint density at radius 3 is 2.52 bits per heavy atom. The maximum Gasteiger partial charge on any atom is 0.293 e. The summed E-state index contributed by atoms with van der Waals surface area (Å²) in [7, 11) is 1.60. The molecule has 2 amide bonds. The molecule has 9 nitrogen and oxygen atoms in total. The zero-order valence-corrected chi connectivity index (χ0v) is 18.8. The molecule has 3 aromatic rings. The van der Waals surface area contributed by atoms with Crippen LogP contribution in [0.15, 0.2) is 30.5 Å². The Bertz CT molecular complexity index is 1300. The Hall–Kier alpha value is -4.26. The second kappa shape index (κ2) is 8.70. The molecule has 3 rings (SSSR count). The number of nitrogens with one attached hydrogen (secondary N) is 3. The molecule has 0 radical (unpaired) electrons. The van der Waals surface area contributed by atoms with Crippen molar-refractivity contribution >= 4 is 23.3 Å². The average Bonchev–Trinajstić information content (AvgIpc) is 3.37. The van der Waals surface area contributed by atoms with Gasteiger partial charge in [0.05, 0.1) is 22.4 Å². The minimum atomic E-state index is -0.874. The smallest absolute Gasteiger partial charge is 0.293 e. The first-order valence-corrected chi connectivity index (χ1v) is 10.0. The highest BCUT2D eigenvalue weighted by Gasteiger charge is 2.32. The van der Waals surface area contributed by atoms with Crippen LogP contribution in [0.5, 0.6) is 0 Å². The van der Waals surface area contributed by atoms with Crippen LogP contribution in [0, 0.1) is 31.0 Å². The van der Waals surface area contributed by atoms with E-state index in [2.05, 4.69) is 20.8 Å². The Morgan fingerprint density at radius 1 is 1.21 bits per heavy atom. The molecule has 0 unspecified atom stereocenters. The predicted octanol–water partition coefficient (Wildman–Crippen LogP) is 2.86. The molecule has 2 heterocycles. The summed E-state index contributed by atoms with van der Waals surface area (Å²) in [6, 6.07) is 7.04. The maximum atomic E-state index is 13.6. The third-order valence-electron chi connectivity index (χ3n) is 5.52. The van der Waals surface area contributed by atoms with Gasteiger partial charge in [0.15, 0.2) is 0 Å². The Morgan fingerprint density at radius 2 is 1.91 bits per heavy atom. The summed E-state index contributed by atoms with van der Waals surface area (Å²) >= 11 is 0. The van der Waals surface area contributed by atoms with Crippen molar-refractivity contribution < 1.29 is 18.8 Å². The molecule has 2 aromatic heterocycles. The number of Topliss-reactive ketones (excluding diaryl/α,β-unsaturated/α-hetero) is 1. The van der Waals surface area contributed by atoms with Gasteiger partial charge in [-0.15, -0.1) is 0 Å². The Labute approximate surface area is 189 Å². The van der Waals surface area contributed by atoms with Crippen molar-refractivity contribution in [2.75, 3.05) is 5.32 Å². The Balaban J connectivity index is 1.88. The summed E-state index contributed by atoms with van der Waals surface area (Å²) in [5, 5.41) is 20.9. The largest absolute Gasteiger partial charge is 0.343 e. The lowest BCUT2D eigenvalue weighted by atomic mass is 9.99. The first kappa shape index (κ1) is 23.4. The lowest BCUT2D eigenvalue weighted by molar-refractivity contribution is -0.118. The van der Waals surface area contributed by atoms with Gasteiger partial charge in [-0.3, -0.25) is 19.5 Å². The monoisotopic (exact) mass is 450 g/mol. The van der Waals surface area contributed by atoms with E-state index in [1.807, 2.05) is 0 Å². The number of carbonyl (C=O) groups excluding carboxylic acids is 3. The third kappa shape index (κ3) is 4.39. The predicted molar refractivity (Wildman–Crippen MR) is 118 cm³/mol. The fraction of sp³-hybridized carbons (Fsp3) is 0.261. The number of hydrogen-bond donors (Lipinski definition) is 3. The quantitative estimate of drug-likeness (QED) is 0.392. The van der Waals surface area contributed by atoms with E-state index >= 15 is 0 Å². The molecule has 3 N–H and O–H groups in total. The van der Waals surface area contributed by atoms with Crippen molar-refractivity contribution in [2.24, 2.45) is 7.05 Å². The van der Waals surface area contributed by atoms with Crippen LogP contribution in [0.2, 0.25) is 0 Å². The number of halogens is 1. The van der Waals surface area contributed by atoms with E-state index in [-0.39, 0.29) is 22.5 Å². The number of carbonyl (C=O) groups is 3. The average molecular weight is 450 g/mol. The fourth-order valence-corrected chi connectivity index (χ4v) is 3.64. The van der Waals surface area contributed by atoms with Gasteiger partial charge in [0, 0.05) is 24.6 Å². The topological polar surface area (TPSA) is 133 Å². The highest BCUT2D eigenvalue weighted by molar-refractivity contribution is 6.43. The standard InChI is InChI=1S/C23H23FN6O3/c1-12-18(20(31)22(33)28-23(3,4)17-8-9-26-29-17)13(2)30(5)19(12)21(32)27-15-6-7-16(24)14(10-15)11-25/h6-10H,1-5H3,(H,26,29)(H,27,32)(H,28,33). The summed E-state index contributed by atoms with van der Waals surface area (Å²) in [6.07, 6.45) is 1.54. The number of ketones is 1. The second-order valence-corrected chi connectivity index (χ2v) is 8.13. The van der Waals surface area contributed by atoms with Crippen LogP contribution < -0.4 is 10.6 Å². The van der Waals surface area contributed by atoms with Gasteiger partial charge in [0.25, 0.3) is 17.6 Å². The number of nitrogens with zero attached hydrogens (tertiary/aromatic N) is 3. The molecule has 33 heavy (non-hydrogen) atoms. The van der Waals surface area contributed by atoms with Crippen LogP contribution >= 0.6 is 0 Å². The fourth-order valence-electron chi connectivity index (χ4n) is 3.64. The van der Waals surface area contributed by atoms with Gasteiger partial charge in [-0.05, 0) is 57.5 Å². The number of anilines is 1. The number of aromatic amines is 1. The van der Waals surface area contributed by atoms with E-state index in [0.717, 1.165) is 6.07 Å². The molecule has 0 aliphatic rings. The van der Waals surface area contributed by atoms with Crippen molar-refractivity contribution in [3.63, 3.8) is 0 Å². The molecule has 0 aliphatic carbocycles. The van der Waals surface area contributed by atoms with Crippen molar-refractivity contribution in [3.8, 4) is 6.07 Å². The highest BCUT2D eigenvalue weighted by atomic mass is 19.1. The number of nitriles is 1. The number of rotatable bonds is 6. The van der Waals surface area contributed by atoms with Gasteiger partial charge >= 0.3 is 0 Å². The van der Waals surface area contributed by atoms with Crippen LogP contribution in [0.4, 0.5) is 10.1 Å². The first-order valence-electron chi connectivity index (χ1n) is 10.0. The van der Waals surface area contributed by atoms with Crippen molar-refractivity contribution in [1.29, 1.82) is 5.26 Å². The first-order chi connectivity index (χ1) is 15.5. The minimum Gasteiger partial charge on any atom is -0.343 e. The van der Waals surface area contributed by atoms with E-state index in [1.54, 1.807) is 53.1 Å². The van der Waals surface area contributed by atoms with E-state index in [1.165, 1.54) is 16.7 Å². The molecule has 0 fully saturated rings. The van der Waals surface area contributed by atoms with Crippen molar-refractivity contribution in [3.05, 3.63) is 70.1 Å². The van der Waals surface area contributed by atoms with E-state index in [9.17, 15) is 18.8 Å². The van der Waals surface area contributed by atoms with E-state index in [4.69, 9.17) is 5.26 Å². The number of benzene rings is 1. The lowest BCUT2D eigenvalue weighted by Crippen LogP contribution is -2.44. The Kier molecular flexibility index (Phi) is 6.17. The highest BCUT2D eigenvalue weighted by Crippen LogP contribution is 2.24. The molecule has 0 atom stereocenters. The van der Waals surface area contributed by atoms with Gasteiger partial charge < -0.3 is 15.2 Å². The molecule has 1 aromatic carbocycles. The molecular weight excluding hydrogens is 427 g/mol. The van der Waals surface area contributed by atoms with Crippen LogP contribution in [-0.2, 0) is 17.4 Å². The summed E-state index contributed by atoms with van der Waals surface area (Å²) < 4.78 is 15.1. The molecule has 0 bridgehead atoms. The third-order valence-corrected chi connectivity index (χ3v) is 5.52. The zero-order valence-electron chi connectivity index (χ0n) is 18.8. The molecule has 0 saturated carbocycles. The van der Waals surface area contributed by atoms with Crippen molar-refractivity contribution in [1.82, 2.24) is 20.1 Å². The number of amides is 2. The molecule has 0 aliphatic heterocycles. The van der Waals surface area contributed by atoms with Gasteiger partial charge in [-0.1, -0.05) is 0 Å². The van der Waals surface area contributed by atoms with E-state index in [0.29, 0.717) is 17.0 Å². The van der Waals surface area contributed by atoms with Gasteiger partial charge in [-0.2, -0.15) is 10.4 Å². The second-order valence-electron chi connectivity index (χ2n) is 8.13. The van der Waals surface area contributed by atoms with Crippen LogP contribution in [0.3, 0.4) is 0 Å². The van der Waals surface area contributed by atoms with Gasteiger partial charge in [0.2, 0.25) is 0 Å². The molecular formula is C23H23FN6O3. The summed E-state index contributed by atoms with van der Waals surface area (Å²) in [4.78, 5) is 38.8. The molecule has 170 valence electrons. The number of H-pyrrole nitrogens is 1. The zero-order chi connectivity index (χ0) is 24.5. The normalized spacial score (nSPS) is 11.1. The number of aromatic nitrogens is 3. The van der Waals surface area contributed by atoms with Crippen LogP contribution in [-0.4, -0.2) is 32.4 Å². The molecule has 0 saturated heterocycles. The maximum absolute atomic E-state index is 13.6. The minimum absolute atomic E-state index is 0.123. The van der Waals surface area contributed by atoms with Gasteiger partial charge in [0.1, 0.15) is 17.6 Å². The van der Waals surface area contributed by atoms with Crippen LogP contribution in [0.25, 0.3) is 0 Å². The SMILES string of the molecule is Cc1c(C(=O)C(=O)NC(C)(C)c2ccn[nH]2)c(C)n(C)c1C(=O)Nc1ccc(F)c(C#N)c1. The summed E-state index contributed by atoms with van der Waals surface area (Å²) in [6.45, 7) is 6.67. The summed E-state index contributed by atoms with van der Waals surface area (Å²) in [5.41, 5.74) is 0.825. The van der Waals surface area contributed by atoms with E-state index < -0.39 is 29.0 Å². The van der Waals surface area contributed by atoms with Crippen molar-refractivity contribution in [2.45, 2.75) is 33.2 Å². The molecule has 0 spiro atoms. The van der Waals surface area contributed by atoms with Crippen LogP contribution in [0.1, 0.15) is 57.2 Å². The van der Waals surface area contributed by atoms with Gasteiger partial charge in [-0.25, -0.2) is 4.39 Å². The summed E-state index contributed by atoms with van der Waals surface area (Å²) in [5.74, 6) is -2.86. The number of hydrogen-bond acceptors (Lipinski definition) is 5. The molecule has 10 heteroatoms. The lowest BCUT2D eigenvalue weighted by Gasteiger charge is -2.24.